The highest BCUT2D eigenvalue weighted by atomic mass is 16.6. The molecule has 5 heteroatoms. The van der Waals surface area contributed by atoms with Crippen LogP contribution in [0.15, 0.2) is 0 Å². The summed E-state index contributed by atoms with van der Waals surface area (Å²) in [5.41, 5.74) is -0.583. The summed E-state index contributed by atoms with van der Waals surface area (Å²) >= 11 is 0. The first kappa shape index (κ1) is 13.9. The summed E-state index contributed by atoms with van der Waals surface area (Å²) in [6, 6.07) is -0.572. The number of amides is 1. The Morgan fingerprint density at radius 2 is 1.93 bits per heavy atom. The average Bonchev–Trinajstić information content (AvgIpc) is 1.98. The number of ketones is 1. The number of aliphatic hydroxyl groups excluding tert-OH is 1. The Labute approximate surface area is 89.8 Å². The van der Waals surface area contributed by atoms with Crippen LogP contribution in [-0.2, 0) is 9.53 Å². The molecule has 0 aromatic heterocycles. The van der Waals surface area contributed by atoms with Crippen molar-refractivity contribution < 1.29 is 19.4 Å². The van der Waals surface area contributed by atoms with Crippen LogP contribution in [0.25, 0.3) is 0 Å². The molecule has 0 rings (SSSR count). The zero-order valence-corrected chi connectivity index (χ0v) is 9.66. The number of aliphatic hydroxyl groups is 1. The van der Waals surface area contributed by atoms with Gasteiger partial charge in [0.05, 0.1) is 12.6 Å². The Bertz CT molecular complexity index is 232. The second kappa shape index (κ2) is 5.70. The van der Waals surface area contributed by atoms with Crippen molar-refractivity contribution in [1.82, 2.24) is 5.32 Å². The number of ether oxygens (including phenoxy) is 1. The molecule has 88 valence electrons. The van der Waals surface area contributed by atoms with Gasteiger partial charge in [-0.15, -0.1) is 0 Å². The molecule has 0 aromatic carbocycles. The zero-order valence-electron chi connectivity index (χ0n) is 9.66. The number of nitrogens with one attached hydrogen (secondary N) is 1. The maximum Gasteiger partial charge on any atom is 0.407 e. The number of alkyl carbamates (subject to hydrolysis) is 1. The van der Waals surface area contributed by atoms with Crippen LogP contribution in [-0.4, -0.2) is 35.2 Å². The van der Waals surface area contributed by atoms with Gasteiger partial charge in [-0.2, -0.15) is 0 Å². The average molecular weight is 217 g/mol. The Hall–Kier alpha value is -1.10. The molecule has 0 saturated carbocycles. The van der Waals surface area contributed by atoms with Crippen molar-refractivity contribution in [2.75, 3.05) is 6.61 Å². The molecule has 0 radical (unpaired) electrons. The Balaban J connectivity index is 4.07. The van der Waals surface area contributed by atoms with Gasteiger partial charge in [0.15, 0.2) is 0 Å². The number of hydrogen-bond donors (Lipinski definition) is 2. The molecule has 0 spiro atoms. The lowest BCUT2D eigenvalue weighted by atomic mass is 10.1. The van der Waals surface area contributed by atoms with E-state index in [1.54, 1.807) is 20.8 Å². The Morgan fingerprint density at radius 1 is 1.40 bits per heavy atom. The first-order valence-electron chi connectivity index (χ1n) is 4.84. The van der Waals surface area contributed by atoms with Crippen LogP contribution in [0.4, 0.5) is 4.79 Å². The molecule has 0 saturated heterocycles. The van der Waals surface area contributed by atoms with Crippen LogP contribution in [0.3, 0.4) is 0 Å². The minimum absolute atomic E-state index is 0.0925. The van der Waals surface area contributed by atoms with Gasteiger partial charge in [0, 0.05) is 6.42 Å². The maximum atomic E-state index is 11.3. The van der Waals surface area contributed by atoms with Gasteiger partial charge in [-0.05, 0) is 27.7 Å². The molecule has 0 aliphatic carbocycles. The first-order chi connectivity index (χ1) is 6.74. The van der Waals surface area contributed by atoms with Crippen molar-refractivity contribution >= 4 is 11.9 Å². The van der Waals surface area contributed by atoms with Crippen LogP contribution in [0.1, 0.15) is 34.1 Å². The molecule has 2 N–H and O–H groups in total. The summed E-state index contributed by atoms with van der Waals surface area (Å²) in [7, 11) is 0. The van der Waals surface area contributed by atoms with Crippen molar-refractivity contribution in [3.8, 4) is 0 Å². The Kier molecular flexibility index (Phi) is 5.28. The number of rotatable bonds is 4. The van der Waals surface area contributed by atoms with Crippen molar-refractivity contribution in [3.05, 3.63) is 0 Å². The summed E-state index contributed by atoms with van der Waals surface area (Å²) in [6.07, 6.45) is -0.516. The van der Waals surface area contributed by atoms with Gasteiger partial charge in [-0.3, -0.25) is 4.79 Å². The quantitative estimate of drug-likeness (QED) is 0.732. The fourth-order valence-electron chi connectivity index (χ4n) is 0.982. The van der Waals surface area contributed by atoms with Crippen molar-refractivity contribution in [2.45, 2.75) is 45.8 Å². The highest BCUT2D eigenvalue weighted by Crippen LogP contribution is 2.07. The largest absolute Gasteiger partial charge is 0.444 e. The standard InChI is InChI=1S/C10H19NO4/c1-7(13)5-8(6-12)11-9(14)15-10(2,3)4/h8,12H,5-6H2,1-4H3,(H,11,14)/t8-/m0/s1. The lowest BCUT2D eigenvalue weighted by molar-refractivity contribution is -0.117. The van der Waals surface area contributed by atoms with Crippen molar-refractivity contribution in [3.63, 3.8) is 0 Å². The van der Waals surface area contributed by atoms with Crippen LogP contribution in [0.5, 0.6) is 0 Å². The summed E-state index contributed by atoms with van der Waals surface area (Å²) in [5, 5.41) is 11.3. The van der Waals surface area contributed by atoms with E-state index >= 15 is 0 Å². The van der Waals surface area contributed by atoms with Gasteiger partial charge in [0.1, 0.15) is 11.4 Å². The van der Waals surface area contributed by atoms with Gasteiger partial charge in [-0.1, -0.05) is 0 Å². The molecule has 1 amide bonds. The molecular formula is C10H19NO4. The topological polar surface area (TPSA) is 75.6 Å². The Morgan fingerprint density at radius 3 is 2.27 bits per heavy atom. The van der Waals surface area contributed by atoms with E-state index in [1.807, 2.05) is 0 Å². The molecule has 0 aliphatic rings. The molecule has 0 fully saturated rings. The van der Waals surface area contributed by atoms with Crippen LogP contribution in [0, 0.1) is 0 Å². The smallest absolute Gasteiger partial charge is 0.407 e. The third kappa shape index (κ3) is 7.93. The van der Waals surface area contributed by atoms with Gasteiger partial charge in [0.25, 0.3) is 0 Å². The zero-order chi connectivity index (χ0) is 12.1. The van der Waals surface area contributed by atoms with E-state index in [0.717, 1.165) is 0 Å². The number of hydrogen-bond acceptors (Lipinski definition) is 4. The monoisotopic (exact) mass is 217 g/mol. The first-order valence-corrected chi connectivity index (χ1v) is 4.84. The predicted octanol–water partition coefficient (Wildman–Crippen LogP) is 0.851. The second-order valence-corrected chi connectivity index (χ2v) is 4.43. The molecule has 5 nitrogen and oxygen atoms in total. The minimum atomic E-state index is -0.622. The van der Waals surface area contributed by atoms with E-state index in [4.69, 9.17) is 9.84 Å². The van der Waals surface area contributed by atoms with Gasteiger partial charge in [0.2, 0.25) is 0 Å². The number of Topliss-reactive ketones (excluding diaryl/α,β-unsaturated/α-hetero) is 1. The summed E-state index contributed by atoms with van der Waals surface area (Å²) in [6.45, 7) is 6.35. The third-order valence-corrected chi connectivity index (χ3v) is 1.48. The second-order valence-electron chi connectivity index (χ2n) is 4.43. The van der Waals surface area contributed by atoms with Crippen molar-refractivity contribution in [1.29, 1.82) is 0 Å². The molecular weight excluding hydrogens is 198 g/mol. The lowest BCUT2D eigenvalue weighted by Crippen LogP contribution is -2.41. The maximum absolute atomic E-state index is 11.3. The molecule has 1 atom stereocenters. The molecule has 15 heavy (non-hydrogen) atoms. The highest BCUT2D eigenvalue weighted by molar-refractivity contribution is 5.77. The van der Waals surface area contributed by atoms with E-state index in [-0.39, 0.29) is 18.8 Å². The molecule has 0 aromatic rings. The molecule has 0 bridgehead atoms. The summed E-state index contributed by atoms with van der Waals surface area (Å²) in [4.78, 5) is 22.0. The van der Waals surface area contributed by atoms with E-state index in [2.05, 4.69) is 5.32 Å². The third-order valence-electron chi connectivity index (χ3n) is 1.48. The van der Waals surface area contributed by atoms with E-state index in [9.17, 15) is 9.59 Å². The number of carbonyl (C=O) groups excluding carboxylic acids is 2. The predicted molar refractivity (Wildman–Crippen MR) is 55.5 cm³/mol. The fourth-order valence-corrected chi connectivity index (χ4v) is 0.982. The normalized spacial score (nSPS) is 13.1. The van der Waals surface area contributed by atoms with Crippen LogP contribution in [0.2, 0.25) is 0 Å². The highest BCUT2D eigenvalue weighted by Gasteiger charge is 2.19. The van der Waals surface area contributed by atoms with E-state index in [0.29, 0.717) is 0 Å². The molecule has 0 heterocycles. The van der Waals surface area contributed by atoms with Gasteiger partial charge < -0.3 is 15.2 Å². The van der Waals surface area contributed by atoms with Gasteiger partial charge in [-0.25, -0.2) is 4.79 Å². The lowest BCUT2D eigenvalue weighted by Gasteiger charge is -2.22. The number of carbonyl (C=O) groups is 2. The fraction of sp³-hybridized carbons (Fsp3) is 0.800. The van der Waals surface area contributed by atoms with Crippen LogP contribution < -0.4 is 5.32 Å². The molecule has 0 aliphatic heterocycles. The van der Waals surface area contributed by atoms with Crippen molar-refractivity contribution in [2.24, 2.45) is 0 Å². The summed E-state index contributed by atoms with van der Waals surface area (Å²) < 4.78 is 4.98. The molecule has 0 unspecified atom stereocenters. The van der Waals surface area contributed by atoms with Crippen LogP contribution >= 0.6 is 0 Å². The minimum Gasteiger partial charge on any atom is -0.444 e. The van der Waals surface area contributed by atoms with E-state index < -0.39 is 17.7 Å². The summed E-state index contributed by atoms with van der Waals surface area (Å²) in [5.74, 6) is -0.0925. The van der Waals surface area contributed by atoms with E-state index in [1.165, 1.54) is 6.92 Å². The van der Waals surface area contributed by atoms with Gasteiger partial charge >= 0.3 is 6.09 Å². The SMILES string of the molecule is CC(=O)C[C@@H](CO)NC(=O)OC(C)(C)C.